The zero-order chi connectivity index (χ0) is 17.4. The van der Waals surface area contributed by atoms with Crippen molar-refractivity contribution in [2.75, 3.05) is 13.1 Å². The van der Waals surface area contributed by atoms with Gasteiger partial charge in [0, 0.05) is 6.54 Å². The van der Waals surface area contributed by atoms with Crippen molar-refractivity contribution in [3.63, 3.8) is 0 Å². The number of rotatable bonds is 3. The molecule has 0 N–H and O–H groups in total. The Morgan fingerprint density at radius 2 is 1.75 bits per heavy atom. The molecule has 6 heteroatoms. The van der Waals surface area contributed by atoms with Crippen LogP contribution in [0.5, 0.6) is 0 Å². The quantitative estimate of drug-likeness (QED) is 0.798. The molecule has 128 valence electrons. The first-order chi connectivity index (χ1) is 11.3. The zero-order valence-corrected chi connectivity index (χ0v) is 14.7. The predicted molar refractivity (Wildman–Crippen MR) is 92.2 cm³/mol. The first-order valence-electron chi connectivity index (χ1n) is 8.35. The molecule has 0 amide bonds. The van der Waals surface area contributed by atoms with Crippen molar-refractivity contribution >= 4 is 13.1 Å². The van der Waals surface area contributed by atoms with Crippen LogP contribution in [-0.4, -0.2) is 42.4 Å². The van der Waals surface area contributed by atoms with Gasteiger partial charge in [0.1, 0.15) is 0 Å². The first-order valence-corrected chi connectivity index (χ1v) is 8.35. The van der Waals surface area contributed by atoms with Crippen molar-refractivity contribution in [3.05, 3.63) is 47.4 Å². The Morgan fingerprint density at radius 3 is 2.29 bits per heavy atom. The summed E-state index contributed by atoms with van der Waals surface area (Å²) in [5, 5.41) is 1.67. The molecule has 0 spiro atoms. The SMILES string of the molecule is CC1(C)OB(C2=CCN(OC(=O)c3ccccc3)CC2)OC1(C)C. The van der Waals surface area contributed by atoms with Gasteiger partial charge < -0.3 is 14.1 Å². The van der Waals surface area contributed by atoms with Gasteiger partial charge >= 0.3 is 13.1 Å². The zero-order valence-electron chi connectivity index (χ0n) is 14.7. The van der Waals surface area contributed by atoms with Crippen LogP contribution in [0.4, 0.5) is 0 Å². The molecule has 24 heavy (non-hydrogen) atoms. The second-order valence-electron chi connectivity index (χ2n) is 7.25. The minimum absolute atomic E-state index is 0.318. The van der Waals surface area contributed by atoms with Crippen molar-refractivity contribution in [2.45, 2.75) is 45.3 Å². The number of hydrogen-bond donors (Lipinski definition) is 0. The van der Waals surface area contributed by atoms with E-state index in [0.29, 0.717) is 18.7 Å². The smallest absolute Gasteiger partial charge is 0.400 e. The molecule has 2 heterocycles. The van der Waals surface area contributed by atoms with Gasteiger partial charge in [-0.15, -0.1) is 5.06 Å². The molecular formula is C18H24BNO4. The van der Waals surface area contributed by atoms with E-state index >= 15 is 0 Å². The summed E-state index contributed by atoms with van der Waals surface area (Å²) < 4.78 is 12.1. The summed E-state index contributed by atoms with van der Waals surface area (Å²) in [5.41, 5.74) is 0.990. The molecule has 0 aliphatic carbocycles. The minimum Gasteiger partial charge on any atom is -0.400 e. The Hall–Kier alpha value is -1.63. The maximum atomic E-state index is 12.1. The standard InChI is InChI=1S/C18H24BNO4/c1-17(2)18(3,4)24-19(23-17)15-10-12-20(13-11-15)22-16(21)14-8-6-5-7-9-14/h5-10H,11-13H2,1-4H3. The number of carbonyl (C=O) groups excluding carboxylic acids is 1. The summed E-state index contributed by atoms with van der Waals surface area (Å²) in [6.07, 6.45) is 2.78. The summed E-state index contributed by atoms with van der Waals surface area (Å²) in [6, 6.07) is 9.01. The van der Waals surface area contributed by atoms with Crippen LogP contribution >= 0.6 is 0 Å². The van der Waals surface area contributed by atoms with Crippen LogP contribution < -0.4 is 0 Å². The van der Waals surface area contributed by atoms with Crippen molar-refractivity contribution in [1.82, 2.24) is 5.06 Å². The van der Waals surface area contributed by atoms with E-state index in [9.17, 15) is 4.79 Å². The third kappa shape index (κ3) is 3.41. The fraction of sp³-hybridized carbons (Fsp3) is 0.500. The van der Waals surface area contributed by atoms with E-state index in [1.807, 2.05) is 52.0 Å². The van der Waals surface area contributed by atoms with Crippen LogP contribution in [0.1, 0.15) is 44.5 Å². The lowest BCUT2D eigenvalue weighted by molar-refractivity contribution is -0.103. The molecule has 0 saturated carbocycles. The lowest BCUT2D eigenvalue weighted by Gasteiger charge is -2.32. The number of hydrogen-bond acceptors (Lipinski definition) is 5. The molecule has 1 saturated heterocycles. The summed E-state index contributed by atoms with van der Waals surface area (Å²) in [4.78, 5) is 17.5. The highest BCUT2D eigenvalue weighted by Crippen LogP contribution is 2.39. The third-order valence-electron chi connectivity index (χ3n) is 4.98. The highest BCUT2D eigenvalue weighted by Gasteiger charge is 2.52. The lowest BCUT2D eigenvalue weighted by atomic mass is 9.75. The Labute approximate surface area is 143 Å². The second kappa shape index (κ2) is 6.35. The van der Waals surface area contributed by atoms with Crippen LogP contribution in [0.15, 0.2) is 41.9 Å². The molecule has 0 unspecified atom stereocenters. The van der Waals surface area contributed by atoms with Gasteiger partial charge in [0.25, 0.3) is 0 Å². The number of benzene rings is 1. The maximum Gasteiger partial charge on any atom is 0.490 e. The maximum absolute atomic E-state index is 12.1. The fourth-order valence-corrected chi connectivity index (χ4v) is 2.70. The summed E-state index contributed by atoms with van der Waals surface area (Å²) in [6.45, 7) is 9.36. The molecule has 5 nitrogen and oxygen atoms in total. The lowest BCUT2D eigenvalue weighted by Crippen LogP contribution is -2.41. The number of carbonyl (C=O) groups is 1. The van der Waals surface area contributed by atoms with Crippen LogP contribution in [0.3, 0.4) is 0 Å². The summed E-state index contributed by atoms with van der Waals surface area (Å²) in [7, 11) is -0.318. The van der Waals surface area contributed by atoms with E-state index in [1.54, 1.807) is 17.2 Å². The average molecular weight is 329 g/mol. The van der Waals surface area contributed by atoms with Crippen molar-refractivity contribution in [2.24, 2.45) is 0 Å². The van der Waals surface area contributed by atoms with Gasteiger partial charge in [-0.2, -0.15) is 0 Å². The molecule has 0 bridgehead atoms. The Kier molecular flexibility index (Phi) is 4.55. The van der Waals surface area contributed by atoms with Crippen LogP contribution in [-0.2, 0) is 14.1 Å². The molecule has 0 aromatic heterocycles. The highest BCUT2D eigenvalue weighted by molar-refractivity contribution is 6.54. The number of hydroxylamine groups is 2. The van der Waals surface area contributed by atoms with Gasteiger partial charge in [-0.1, -0.05) is 24.3 Å². The molecule has 1 aromatic carbocycles. The Balaban J connectivity index is 1.58. The van der Waals surface area contributed by atoms with Gasteiger partial charge in [0.05, 0.1) is 23.3 Å². The number of nitrogens with zero attached hydrogens (tertiary/aromatic N) is 1. The predicted octanol–water partition coefficient (Wildman–Crippen LogP) is 3.02. The van der Waals surface area contributed by atoms with E-state index in [0.717, 1.165) is 11.9 Å². The summed E-state index contributed by atoms with van der Waals surface area (Å²) in [5.74, 6) is -0.330. The van der Waals surface area contributed by atoms with E-state index in [4.69, 9.17) is 14.1 Å². The monoisotopic (exact) mass is 329 g/mol. The molecule has 2 aliphatic rings. The van der Waals surface area contributed by atoms with Gasteiger partial charge in [0.15, 0.2) is 0 Å². The van der Waals surface area contributed by atoms with Crippen LogP contribution in [0.25, 0.3) is 0 Å². The average Bonchev–Trinajstić information content (AvgIpc) is 2.77. The minimum atomic E-state index is -0.338. The van der Waals surface area contributed by atoms with Crippen molar-refractivity contribution < 1.29 is 18.9 Å². The van der Waals surface area contributed by atoms with Gasteiger partial charge in [-0.25, -0.2) is 4.79 Å². The summed E-state index contributed by atoms with van der Waals surface area (Å²) >= 11 is 0. The largest absolute Gasteiger partial charge is 0.490 e. The third-order valence-corrected chi connectivity index (χ3v) is 4.98. The van der Waals surface area contributed by atoms with Gasteiger partial charge in [0.2, 0.25) is 0 Å². The topological polar surface area (TPSA) is 48.0 Å². The second-order valence-corrected chi connectivity index (χ2v) is 7.25. The molecule has 0 atom stereocenters. The molecule has 1 fully saturated rings. The van der Waals surface area contributed by atoms with Gasteiger partial charge in [-0.3, -0.25) is 0 Å². The van der Waals surface area contributed by atoms with Gasteiger partial charge in [-0.05, 0) is 51.7 Å². The fourth-order valence-electron chi connectivity index (χ4n) is 2.70. The molecule has 1 aromatic rings. The highest BCUT2D eigenvalue weighted by atomic mass is 16.7. The Bertz CT molecular complexity index is 626. The van der Waals surface area contributed by atoms with E-state index < -0.39 is 0 Å². The first kappa shape index (κ1) is 17.2. The van der Waals surface area contributed by atoms with Crippen LogP contribution in [0, 0.1) is 0 Å². The molecular weight excluding hydrogens is 305 g/mol. The van der Waals surface area contributed by atoms with E-state index in [2.05, 4.69) is 0 Å². The van der Waals surface area contributed by atoms with E-state index in [-0.39, 0.29) is 24.3 Å². The Morgan fingerprint density at radius 1 is 1.12 bits per heavy atom. The molecule has 3 rings (SSSR count). The van der Waals surface area contributed by atoms with Crippen molar-refractivity contribution in [1.29, 1.82) is 0 Å². The van der Waals surface area contributed by atoms with Crippen molar-refractivity contribution in [3.8, 4) is 0 Å². The molecule has 2 aliphatic heterocycles. The normalized spacial score (nSPS) is 23.0. The van der Waals surface area contributed by atoms with E-state index in [1.165, 1.54) is 0 Å². The molecule has 0 radical (unpaired) electrons. The van der Waals surface area contributed by atoms with Crippen LogP contribution in [0.2, 0.25) is 0 Å².